The normalized spacial score (nSPS) is 29.3. The van der Waals surface area contributed by atoms with E-state index in [1.165, 1.54) is 59.4 Å². The number of ether oxygens (including phenoxy) is 4. The first-order chi connectivity index (χ1) is 31.8. The molecule has 17 heteroatoms. The second-order valence-corrected chi connectivity index (χ2v) is 17.9. The molecule has 1 fully saturated rings. The molecule has 68 heavy (non-hydrogen) atoms. The number of rotatable bonds is 7. The fraction of sp³-hybridized carbons (Fsp3) is 0.451. The minimum Gasteiger partial charge on any atom is -0.507 e. The number of phenols is 3. The Morgan fingerprint density at radius 1 is 0.926 bits per heavy atom. The molecular formula is C51H64N4NaO12+. The number of nitrogens with one attached hydrogen (secondary N) is 1. The van der Waals surface area contributed by atoms with E-state index in [2.05, 4.69) is 27.5 Å². The van der Waals surface area contributed by atoms with Crippen LogP contribution in [0.3, 0.4) is 0 Å². The molecule has 7 rings (SSSR count). The number of amides is 1. The van der Waals surface area contributed by atoms with Crippen molar-refractivity contribution in [1.82, 2.24) is 9.91 Å². The summed E-state index contributed by atoms with van der Waals surface area (Å²) in [5.74, 6) is -8.44. The monoisotopic (exact) mass is 947 g/mol. The molecule has 4 heterocycles. The molecule has 360 valence electrons. The number of aliphatic hydroxyl groups excluding tert-OH is 2. The zero-order valence-corrected chi connectivity index (χ0v) is 42.6. The molecule has 3 aromatic rings. The second kappa shape index (κ2) is 22.9. The van der Waals surface area contributed by atoms with Crippen molar-refractivity contribution in [3.63, 3.8) is 0 Å². The number of nitrogens with zero attached hydrogens (tertiary/aromatic N) is 3. The van der Waals surface area contributed by atoms with Gasteiger partial charge in [0.2, 0.25) is 0 Å². The summed E-state index contributed by atoms with van der Waals surface area (Å²) in [6, 6.07) is 10.0. The van der Waals surface area contributed by atoms with Crippen LogP contribution < -0.4 is 39.6 Å². The zero-order valence-electron chi connectivity index (χ0n) is 40.6. The maximum atomic E-state index is 14.6. The van der Waals surface area contributed by atoms with E-state index < -0.39 is 88.8 Å². The van der Waals surface area contributed by atoms with E-state index >= 15 is 0 Å². The van der Waals surface area contributed by atoms with E-state index in [9.17, 15) is 39.9 Å². The summed E-state index contributed by atoms with van der Waals surface area (Å²) in [7, 11) is 1.44. The summed E-state index contributed by atoms with van der Waals surface area (Å²) >= 11 is 0. The zero-order chi connectivity index (χ0) is 48.9. The number of esters is 1. The van der Waals surface area contributed by atoms with Crippen molar-refractivity contribution in [2.75, 3.05) is 45.2 Å². The van der Waals surface area contributed by atoms with Gasteiger partial charge in [-0.05, 0) is 25.5 Å². The summed E-state index contributed by atoms with van der Waals surface area (Å²) in [4.78, 5) is 43.1. The molecule has 0 unspecified atom stereocenters. The summed E-state index contributed by atoms with van der Waals surface area (Å²) in [5, 5.41) is 67.6. The van der Waals surface area contributed by atoms with Crippen LogP contribution in [-0.2, 0) is 23.8 Å². The topological polar surface area (TPSA) is 220 Å². The van der Waals surface area contributed by atoms with E-state index in [-0.39, 0.29) is 74.0 Å². The van der Waals surface area contributed by atoms with Crippen LogP contribution in [0.25, 0.3) is 16.8 Å². The van der Waals surface area contributed by atoms with Crippen LogP contribution in [0.5, 0.6) is 23.0 Å². The number of ketones is 1. The molecule has 6 N–H and O–H groups in total. The van der Waals surface area contributed by atoms with Gasteiger partial charge in [-0.1, -0.05) is 88.4 Å². The molecule has 1 saturated heterocycles. The van der Waals surface area contributed by atoms with Gasteiger partial charge in [-0.15, -0.1) is 0 Å². The Labute approximate surface area is 419 Å². The molecule has 3 aromatic carbocycles. The Morgan fingerprint density at radius 2 is 1.60 bits per heavy atom. The average molecular weight is 948 g/mol. The molecule has 4 aliphatic rings. The van der Waals surface area contributed by atoms with E-state index in [0.29, 0.717) is 26.2 Å². The van der Waals surface area contributed by atoms with Gasteiger partial charge in [-0.2, -0.15) is 5.10 Å². The van der Waals surface area contributed by atoms with E-state index in [1.807, 2.05) is 30.3 Å². The molecule has 0 aliphatic carbocycles. The van der Waals surface area contributed by atoms with Crippen LogP contribution in [0.4, 0.5) is 5.69 Å². The predicted molar refractivity (Wildman–Crippen MR) is 255 cm³/mol. The third-order valence-corrected chi connectivity index (χ3v) is 13.2. The number of carbonyl (C=O) groups is 3. The summed E-state index contributed by atoms with van der Waals surface area (Å²) < 4.78 is 23.7. The van der Waals surface area contributed by atoms with Crippen LogP contribution in [-0.4, -0.2) is 129 Å². The number of hydrazone groups is 1. The number of methoxy groups -OCH3 is 1. The number of hydrogen-bond acceptors (Lipinski definition) is 15. The Morgan fingerprint density at radius 3 is 2.25 bits per heavy atom. The fourth-order valence-electron chi connectivity index (χ4n) is 8.95. The van der Waals surface area contributed by atoms with Gasteiger partial charge in [-0.25, -0.2) is 0 Å². The number of aromatic hydroxyl groups is 3. The molecule has 16 nitrogen and oxygen atoms in total. The first-order valence-electron chi connectivity index (χ1n) is 22.6. The summed E-state index contributed by atoms with van der Waals surface area (Å²) in [6.07, 6.45) is 9.03. The Balaban J connectivity index is 0.00000864. The van der Waals surface area contributed by atoms with Gasteiger partial charge in [0, 0.05) is 93.9 Å². The molecule has 5 bridgehead atoms. The average Bonchev–Trinajstić information content (AvgIpc) is 3.57. The quantitative estimate of drug-likeness (QED) is 0.0658. The Bertz CT molecular complexity index is 2480. The van der Waals surface area contributed by atoms with Crippen molar-refractivity contribution < 1.29 is 88.4 Å². The number of hydrogen-bond donors (Lipinski definition) is 6. The number of aliphatic hydroxyl groups is 2. The maximum Gasteiger partial charge on any atom is 1.00 e. The predicted octanol–water partition coefficient (Wildman–Crippen LogP) is 3.42. The molecule has 0 radical (unpaired) electrons. The number of Topliss-reactive ketones (excluding diaryl/α,β-unsaturated/α-hetero) is 1. The van der Waals surface area contributed by atoms with Gasteiger partial charge < -0.3 is 49.8 Å². The molecule has 4 aliphatic heterocycles. The van der Waals surface area contributed by atoms with E-state index in [0.717, 1.165) is 12.1 Å². The summed E-state index contributed by atoms with van der Waals surface area (Å²) in [5.41, 5.74) is 0.718. The second-order valence-electron chi connectivity index (χ2n) is 17.9. The van der Waals surface area contributed by atoms with Crippen molar-refractivity contribution in [3.8, 4) is 23.0 Å². The van der Waals surface area contributed by atoms with Crippen molar-refractivity contribution in [2.24, 2.45) is 28.8 Å². The van der Waals surface area contributed by atoms with Crippen molar-refractivity contribution in [3.05, 3.63) is 94.8 Å². The van der Waals surface area contributed by atoms with Gasteiger partial charge in [0.25, 0.3) is 11.7 Å². The molecule has 1 amide bonds. The molecule has 0 saturated carbocycles. The minimum atomic E-state index is -2.06. The van der Waals surface area contributed by atoms with E-state index in [4.69, 9.17) is 18.9 Å². The molecule has 0 spiro atoms. The third-order valence-electron chi connectivity index (χ3n) is 13.2. The molecule has 0 aromatic heterocycles. The van der Waals surface area contributed by atoms with Gasteiger partial charge in [-0.3, -0.25) is 24.3 Å². The van der Waals surface area contributed by atoms with Crippen LogP contribution >= 0.6 is 0 Å². The largest absolute Gasteiger partial charge is 1.00 e. The summed E-state index contributed by atoms with van der Waals surface area (Å²) in [6.45, 7) is 15.7. The molecular weight excluding hydrogens is 884 g/mol. The van der Waals surface area contributed by atoms with Crippen molar-refractivity contribution in [1.29, 1.82) is 0 Å². The number of carbonyl (C=O) groups excluding carboxylic acids is 3. The smallest absolute Gasteiger partial charge is 0.507 e. The first-order valence-corrected chi connectivity index (χ1v) is 22.6. The van der Waals surface area contributed by atoms with Crippen LogP contribution in [0.15, 0.2) is 77.6 Å². The van der Waals surface area contributed by atoms with Crippen molar-refractivity contribution >= 4 is 46.4 Å². The number of phenolic OH excluding ortho intramolecular Hbond substituents is 3. The van der Waals surface area contributed by atoms with Gasteiger partial charge in [0.05, 0.1) is 53.0 Å². The maximum absolute atomic E-state index is 14.6. The van der Waals surface area contributed by atoms with Crippen LogP contribution in [0, 0.1) is 30.6 Å². The number of allylic oxidation sites excluding steroid dienone is 2. The van der Waals surface area contributed by atoms with Crippen LogP contribution in [0.2, 0.25) is 0 Å². The van der Waals surface area contributed by atoms with Crippen LogP contribution in [0.1, 0.15) is 75.5 Å². The minimum absolute atomic E-state index is 0. The fourth-order valence-corrected chi connectivity index (χ4v) is 8.95. The number of piperazine rings is 1. The van der Waals surface area contributed by atoms with Gasteiger partial charge in [0.1, 0.15) is 23.4 Å². The van der Waals surface area contributed by atoms with Crippen molar-refractivity contribution in [2.45, 2.75) is 85.6 Å². The van der Waals surface area contributed by atoms with Gasteiger partial charge >= 0.3 is 41.3 Å². The number of anilines is 1. The Kier molecular flexibility index (Phi) is 18.1. The third kappa shape index (κ3) is 11.5. The molecule has 9 atom stereocenters. The van der Waals surface area contributed by atoms with E-state index in [1.54, 1.807) is 44.9 Å². The number of benzene rings is 3. The Hall–Kier alpha value is -5.20. The van der Waals surface area contributed by atoms with Gasteiger partial charge in [0.15, 0.2) is 5.75 Å². The number of fused-ring (bicyclic) bond motifs is 14. The standard InChI is InChI=1S/C51H64N4O12.Na/c1-28-15-13-16-29(2)50(63)53-41-36(27-52-55-24-22-54(23-25-55)21-14-19-35-17-11-10-12-18-35)45(60)38-39(46(41)61)44(59)33(6)48-40(38)49(62)51(8,67-48)65-26-20-37(64-9)30(3)47(66-34(7)56)32(5)43(58)31(4)42(28)57;/h10-20,26-28,30-32,37,42-43,47,57-61H,21-25H2,1-9H3,(H,53,63);/q;+1/b15-13+,19-14+,26-20+,29-16-,52-27+;/t28-,30-,31-,32+,37+,42-,43+,47-,51+;/m1./s1. The first kappa shape index (κ1) is 53.8. The SMILES string of the molecule is CO[C@H]1/C=C/O[C@@]2(C)Oc3c(C)c(O)c4c(O)c(c(/C=N/N5CCN(C/C=C/c6ccccc6)CC5)c(O)c4c3C2=O)NC(=O)/C(C)=C\C=C\[C@@H](C)[C@@H](O)[C@@H](C)[C@H](O)[C@H](C)[C@H](OC(C)=O)[C@@H]1C.[Na+].